The zero-order chi connectivity index (χ0) is 14.8. The molecule has 3 N–H and O–H groups in total. The number of nitrogens with two attached hydrogens (primary N) is 1. The second-order valence-electron chi connectivity index (χ2n) is 5.79. The van der Waals surface area contributed by atoms with E-state index in [1.165, 1.54) is 0 Å². The van der Waals surface area contributed by atoms with Crippen LogP contribution in [0.2, 0.25) is 0 Å². The molecule has 5 heteroatoms. The molecule has 1 heterocycles. The van der Waals surface area contributed by atoms with Crippen molar-refractivity contribution in [3.8, 4) is 0 Å². The number of aryl methyl sites for hydroxylation is 1. The highest BCUT2D eigenvalue weighted by molar-refractivity contribution is 5.76. The van der Waals surface area contributed by atoms with Gasteiger partial charge in [-0.15, -0.1) is 0 Å². The van der Waals surface area contributed by atoms with E-state index in [0.29, 0.717) is 24.8 Å². The number of carbonyl (C=O) groups excluding carboxylic acids is 1. The molecule has 20 heavy (non-hydrogen) atoms. The molecule has 5 nitrogen and oxygen atoms in total. The summed E-state index contributed by atoms with van der Waals surface area (Å²) in [6.07, 6.45) is 9.15. The number of hydrogen-bond acceptors (Lipinski definition) is 3. The standard InChI is InChI=1S/C15H28N4O/c1-13(2)9-14(11-16)10-15(20)18-5-3-4-7-19-8-6-17-12-19/h6,8,12-14H,3-5,7,9-11,16H2,1-2H3,(H,18,20). The minimum Gasteiger partial charge on any atom is -0.356 e. The van der Waals surface area contributed by atoms with E-state index in [0.717, 1.165) is 32.4 Å². The second kappa shape index (κ2) is 9.53. The summed E-state index contributed by atoms with van der Waals surface area (Å²) in [6, 6.07) is 0. The molecule has 0 saturated carbocycles. The van der Waals surface area contributed by atoms with Crippen LogP contribution in [0.25, 0.3) is 0 Å². The van der Waals surface area contributed by atoms with Gasteiger partial charge < -0.3 is 15.6 Å². The van der Waals surface area contributed by atoms with E-state index in [-0.39, 0.29) is 5.91 Å². The Morgan fingerprint density at radius 1 is 1.40 bits per heavy atom. The molecule has 1 rings (SSSR count). The van der Waals surface area contributed by atoms with Crippen molar-refractivity contribution in [3.05, 3.63) is 18.7 Å². The number of imidazole rings is 1. The Labute approximate surface area is 122 Å². The highest BCUT2D eigenvalue weighted by Gasteiger charge is 2.13. The molecule has 0 saturated heterocycles. The molecule has 0 aliphatic carbocycles. The first-order valence-corrected chi connectivity index (χ1v) is 7.54. The van der Waals surface area contributed by atoms with Gasteiger partial charge in [-0.3, -0.25) is 4.79 Å². The molecule has 114 valence electrons. The van der Waals surface area contributed by atoms with Gasteiger partial charge in [0, 0.05) is 31.9 Å². The molecule has 0 aliphatic heterocycles. The molecule has 1 atom stereocenters. The predicted octanol–water partition coefficient (Wildman–Crippen LogP) is 1.79. The van der Waals surface area contributed by atoms with Gasteiger partial charge in [-0.1, -0.05) is 13.8 Å². The number of rotatable bonds is 10. The summed E-state index contributed by atoms with van der Waals surface area (Å²) in [4.78, 5) is 15.8. The largest absolute Gasteiger partial charge is 0.356 e. The summed E-state index contributed by atoms with van der Waals surface area (Å²) >= 11 is 0. The Hall–Kier alpha value is -1.36. The van der Waals surface area contributed by atoms with Crippen molar-refractivity contribution in [1.82, 2.24) is 14.9 Å². The number of nitrogens with one attached hydrogen (secondary N) is 1. The van der Waals surface area contributed by atoms with Gasteiger partial charge >= 0.3 is 0 Å². The maximum absolute atomic E-state index is 11.8. The number of unbranched alkanes of at least 4 members (excludes halogenated alkanes) is 1. The van der Waals surface area contributed by atoms with Crippen molar-refractivity contribution >= 4 is 5.91 Å². The molecule has 1 aromatic rings. The van der Waals surface area contributed by atoms with E-state index in [1.54, 1.807) is 6.20 Å². The van der Waals surface area contributed by atoms with Crippen LogP contribution in [0.1, 0.15) is 39.5 Å². The third-order valence-corrected chi connectivity index (χ3v) is 3.34. The number of nitrogens with zero attached hydrogens (tertiary/aromatic N) is 2. The number of hydrogen-bond donors (Lipinski definition) is 2. The van der Waals surface area contributed by atoms with Gasteiger partial charge in [-0.25, -0.2) is 4.98 Å². The van der Waals surface area contributed by atoms with E-state index in [9.17, 15) is 4.79 Å². The topological polar surface area (TPSA) is 72.9 Å². The van der Waals surface area contributed by atoms with Crippen LogP contribution in [0, 0.1) is 11.8 Å². The van der Waals surface area contributed by atoms with Crippen LogP contribution in [0.3, 0.4) is 0 Å². The monoisotopic (exact) mass is 280 g/mol. The average Bonchev–Trinajstić information content (AvgIpc) is 2.90. The molecule has 0 bridgehead atoms. The molecule has 1 amide bonds. The van der Waals surface area contributed by atoms with Crippen LogP contribution in [0.5, 0.6) is 0 Å². The van der Waals surface area contributed by atoms with E-state index in [2.05, 4.69) is 28.7 Å². The van der Waals surface area contributed by atoms with Gasteiger partial charge in [0.1, 0.15) is 0 Å². The van der Waals surface area contributed by atoms with Gasteiger partial charge in [0.05, 0.1) is 6.33 Å². The van der Waals surface area contributed by atoms with Crippen LogP contribution in [0.4, 0.5) is 0 Å². The third-order valence-electron chi connectivity index (χ3n) is 3.34. The first-order chi connectivity index (χ1) is 9.61. The molecule has 0 fully saturated rings. The Kier molecular flexibility index (Phi) is 7.95. The van der Waals surface area contributed by atoms with Gasteiger partial charge in [-0.05, 0) is 37.6 Å². The molecule has 1 unspecified atom stereocenters. The van der Waals surface area contributed by atoms with Gasteiger partial charge in [0.25, 0.3) is 0 Å². The summed E-state index contributed by atoms with van der Waals surface area (Å²) in [5, 5.41) is 2.98. The highest BCUT2D eigenvalue weighted by Crippen LogP contribution is 2.13. The smallest absolute Gasteiger partial charge is 0.220 e. The summed E-state index contributed by atoms with van der Waals surface area (Å²) in [7, 11) is 0. The zero-order valence-electron chi connectivity index (χ0n) is 12.7. The Morgan fingerprint density at radius 3 is 2.80 bits per heavy atom. The highest BCUT2D eigenvalue weighted by atomic mass is 16.1. The lowest BCUT2D eigenvalue weighted by molar-refractivity contribution is -0.122. The normalized spacial score (nSPS) is 12.6. The van der Waals surface area contributed by atoms with E-state index in [1.807, 2.05) is 12.5 Å². The van der Waals surface area contributed by atoms with Crippen molar-refractivity contribution in [1.29, 1.82) is 0 Å². The van der Waals surface area contributed by atoms with Crippen molar-refractivity contribution in [3.63, 3.8) is 0 Å². The number of amides is 1. The molecule has 0 aliphatic rings. The summed E-state index contributed by atoms with van der Waals surface area (Å²) in [5.41, 5.74) is 5.71. The average molecular weight is 280 g/mol. The SMILES string of the molecule is CC(C)CC(CN)CC(=O)NCCCCn1ccnc1. The lowest BCUT2D eigenvalue weighted by Gasteiger charge is -2.16. The fraction of sp³-hybridized carbons (Fsp3) is 0.733. The van der Waals surface area contributed by atoms with Crippen LogP contribution < -0.4 is 11.1 Å². The van der Waals surface area contributed by atoms with Crippen molar-refractivity contribution in [2.75, 3.05) is 13.1 Å². The molecule has 0 spiro atoms. The van der Waals surface area contributed by atoms with Crippen molar-refractivity contribution < 1.29 is 4.79 Å². The van der Waals surface area contributed by atoms with Crippen LogP contribution in [-0.2, 0) is 11.3 Å². The van der Waals surface area contributed by atoms with Crippen LogP contribution in [0.15, 0.2) is 18.7 Å². The zero-order valence-corrected chi connectivity index (χ0v) is 12.7. The fourth-order valence-corrected chi connectivity index (χ4v) is 2.33. The van der Waals surface area contributed by atoms with Gasteiger partial charge in [-0.2, -0.15) is 0 Å². The van der Waals surface area contributed by atoms with Crippen LogP contribution >= 0.6 is 0 Å². The molecular formula is C15H28N4O. The van der Waals surface area contributed by atoms with E-state index in [4.69, 9.17) is 5.73 Å². The molecular weight excluding hydrogens is 252 g/mol. The van der Waals surface area contributed by atoms with E-state index >= 15 is 0 Å². The van der Waals surface area contributed by atoms with E-state index < -0.39 is 0 Å². The van der Waals surface area contributed by atoms with Crippen molar-refractivity contribution in [2.24, 2.45) is 17.6 Å². The minimum atomic E-state index is 0.128. The lowest BCUT2D eigenvalue weighted by Crippen LogP contribution is -2.29. The summed E-state index contributed by atoms with van der Waals surface area (Å²) in [5.74, 6) is 1.02. The third kappa shape index (κ3) is 7.28. The Bertz CT molecular complexity index is 362. The predicted molar refractivity (Wildman–Crippen MR) is 81.1 cm³/mol. The summed E-state index contributed by atoms with van der Waals surface area (Å²) < 4.78 is 2.05. The first kappa shape index (κ1) is 16.7. The first-order valence-electron chi connectivity index (χ1n) is 7.54. The quantitative estimate of drug-likeness (QED) is 0.642. The molecule has 0 radical (unpaired) electrons. The Balaban J connectivity index is 2.07. The lowest BCUT2D eigenvalue weighted by atomic mass is 9.94. The number of aromatic nitrogens is 2. The summed E-state index contributed by atoms with van der Waals surface area (Å²) in [6.45, 7) is 6.61. The van der Waals surface area contributed by atoms with Crippen LogP contribution in [-0.4, -0.2) is 28.5 Å². The molecule has 1 aromatic heterocycles. The minimum absolute atomic E-state index is 0.128. The molecule has 0 aromatic carbocycles. The Morgan fingerprint density at radius 2 is 2.20 bits per heavy atom. The maximum atomic E-state index is 11.8. The number of carbonyl (C=O) groups is 1. The second-order valence-corrected chi connectivity index (χ2v) is 5.79. The van der Waals surface area contributed by atoms with Crippen molar-refractivity contribution in [2.45, 2.75) is 46.1 Å². The fourth-order valence-electron chi connectivity index (χ4n) is 2.33. The van der Waals surface area contributed by atoms with Gasteiger partial charge in [0.15, 0.2) is 0 Å². The maximum Gasteiger partial charge on any atom is 0.220 e. The van der Waals surface area contributed by atoms with Gasteiger partial charge in [0.2, 0.25) is 5.91 Å².